The van der Waals surface area contributed by atoms with Crippen LogP contribution in [0.15, 0.2) is 55.2 Å². The zero-order chi connectivity index (χ0) is 17.9. The number of rotatable bonds is 1. The third-order valence-corrected chi connectivity index (χ3v) is 3.71. The molecule has 0 spiro atoms. The second-order valence-corrected chi connectivity index (χ2v) is 5.45. The minimum Gasteiger partial charge on any atom is -0.368 e. The first kappa shape index (κ1) is 15.4. The van der Waals surface area contributed by atoms with E-state index in [1.165, 1.54) is 0 Å². The predicted molar refractivity (Wildman–Crippen MR) is 99.2 cm³/mol. The third-order valence-electron chi connectivity index (χ3n) is 3.71. The highest BCUT2D eigenvalue weighted by molar-refractivity contribution is 5.79. The molecule has 0 aliphatic rings. The predicted octanol–water partition coefficient (Wildman–Crippen LogP) is 2.17. The quantitative estimate of drug-likeness (QED) is 0.539. The third kappa shape index (κ3) is 2.95. The van der Waals surface area contributed by atoms with E-state index in [1.807, 2.05) is 28.8 Å². The maximum atomic E-state index is 5.68. The van der Waals surface area contributed by atoms with Gasteiger partial charge in [-0.2, -0.15) is 4.98 Å². The van der Waals surface area contributed by atoms with Gasteiger partial charge in [-0.1, -0.05) is 17.8 Å². The van der Waals surface area contributed by atoms with Crippen molar-refractivity contribution in [2.45, 2.75) is 0 Å². The standard InChI is InChI=1S/C20H12N6/c1-2-14-9-16(12-22-11-14)4-3-15-5-6-17-18(10-15)26(13-24-17)19-7-8-23-20(21)25-19/h1,5-13H,(H2,21,23,25). The van der Waals surface area contributed by atoms with Gasteiger partial charge in [-0.25, -0.2) is 9.97 Å². The lowest BCUT2D eigenvalue weighted by Gasteiger charge is -2.03. The molecule has 0 fully saturated rings. The molecular weight excluding hydrogens is 324 g/mol. The molecule has 4 aromatic rings. The summed E-state index contributed by atoms with van der Waals surface area (Å²) in [4.78, 5) is 16.6. The molecule has 0 aliphatic carbocycles. The first-order valence-electron chi connectivity index (χ1n) is 7.72. The van der Waals surface area contributed by atoms with Crippen LogP contribution in [0.2, 0.25) is 0 Å². The van der Waals surface area contributed by atoms with Crippen LogP contribution in [0.5, 0.6) is 0 Å². The number of hydrogen-bond donors (Lipinski definition) is 1. The van der Waals surface area contributed by atoms with Gasteiger partial charge in [0, 0.05) is 35.3 Å². The number of nitrogens with two attached hydrogens (primary N) is 1. The van der Waals surface area contributed by atoms with Crippen LogP contribution >= 0.6 is 0 Å². The summed E-state index contributed by atoms with van der Waals surface area (Å²) >= 11 is 0. The number of benzene rings is 1. The minimum absolute atomic E-state index is 0.209. The summed E-state index contributed by atoms with van der Waals surface area (Å²) in [6.45, 7) is 0. The molecule has 0 radical (unpaired) electrons. The van der Waals surface area contributed by atoms with Gasteiger partial charge in [-0.15, -0.1) is 6.42 Å². The Morgan fingerprint density at radius 3 is 2.65 bits per heavy atom. The van der Waals surface area contributed by atoms with Crippen molar-refractivity contribution in [2.24, 2.45) is 0 Å². The van der Waals surface area contributed by atoms with Gasteiger partial charge in [0.05, 0.1) is 11.0 Å². The average molecular weight is 336 g/mol. The summed E-state index contributed by atoms with van der Waals surface area (Å²) < 4.78 is 1.85. The normalized spacial score (nSPS) is 10.1. The van der Waals surface area contributed by atoms with E-state index in [2.05, 4.69) is 37.7 Å². The Labute approximate surface area is 149 Å². The van der Waals surface area contributed by atoms with Gasteiger partial charge >= 0.3 is 0 Å². The van der Waals surface area contributed by atoms with Crippen molar-refractivity contribution in [1.82, 2.24) is 24.5 Å². The highest BCUT2D eigenvalue weighted by atomic mass is 15.1. The fraction of sp³-hybridized carbons (Fsp3) is 0. The fourth-order valence-corrected chi connectivity index (χ4v) is 2.50. The van der Waals surface area contributed by atoms with E-state index in [1.54, 1.807) is 31.0 Å². The second-order valence-electron chi connectivity index (χ2n) is 5.45. The van der Waals surface area contributed by atoms with Gasteiger partial charge < -0.3 is 5.73 Å². The van der Waals surface area contributed by atoms with Crippen molar-refractivity contribution < 1.29 is 0 Å². The van der Waals surface area contributed by atoms with Crippen LogP contribution in [-0.4, -0.2) is 24.5 Å². The minimum atomic E-state index is 0.209. The van der Waals surface area contributed by atoms with Gasteiger partial charge in [0.1, 0.15) is 12.1 Å². The van der Waals surface area contributed by atoms with E-state index in [0.717, 1.165) is 22.2 Å². The number of anilines is 1. The number of nitrogens with zero attached hydrogens (tertiary/aromatic N) is 5. The Bertz CT molecular complexity index is 1220. The molecule has 3 aromatic heterocycles. The van der Waals surface area contributed by atoms with Gasteiger partial charge in [-0.3, -0.25) is 9.55 Å². The number of aromatic nitrogens is 5. The zero-order valence-corrected chi connectivity index (χ0v) is 13.6. The van der Waals surface area contributed by atoms with Crippen LogP contribution in [0.3, 0.4) is 0 Å². The Kier molecular flexibility index (Phi) is 3.78. The lowest BCUT2D eigenvalue weighted by atomic mass is 10.1. The summed E-state index contributed by atoms with van der Waals surface area (Å²) in [5, 5.41) is 0. The van der Waals surface area contributed by atoms with Crippen molar-refractivity contribution in [3.05, 3.63) is 71.9 Å². The van der Waals surface area contributed by atoms with E-state index in [9.17, 15) is 0 Å². The number of terminal acetylenes is 1. The number of nitrogen functional groups attached to an aromatic ring is 1. The summed E-state index contributed by atoms with van der Waals surface area (Å²) in [5.41, 5.74) is 9.70. The number of imidazole rings is 1. The number of hydrogen-bond acceptors (Lipinski definition) is 5. The first-order chi connectivity index (χ1) is 12.7. The van der Waals surface area contributed by atoms with Gasteiger partial charge in [-0.05, 0) is 30.3 Å². The molecule has 0 aliphatic heterocycles. The van der Waals surface area contributed by atoms with Crippen LogP contribution < -0.4 is 5.73 Å². The van der Waals surface area contributed by atoms with E-state index in [0.29, 0.717) is 11.4 Å². The summed E-state index contributed by atoms with van der Waals surface area (Å²) in [6.07, 6.45) is 12.0. The van der Waals surface area contributed by atoms with E-state index < -0.39 is 0 Å². The number of fused-ring (bicyclic) bond motifs is 1. The lowest BCUT2D eigenvalue weighted by Crippen LogP contribution is -2.01. The van der Waals surface area contributed by atoms with Crippen LogP contribution in [0.1, 0.15) is 16.7 Å². The van der Waals surface area contributed by atoms with Crippen LogP contribution in [-0.2, 0) is 0 Å². The SMILES string of the molecule is C#Cc1cncc(C#Cc2ccc3ncn(-c4ccnc(N)n4)c3c2)c1. The molecule has 3 heterocycles. The average Bonchev–Trinajstić information content (AvgIpc) is 3.10. The van der Waals surface area contributed by atoms with Crippen LogP contribution in [0.25, 0.3) is 16.9 Å². The Morgan fingerprint density at radius 1 is 0.962 bits per heavy atom. The molecule has 0 atom stereocenters. The van der Waals surface area contributed by atoms with Crippen molar-refractivity contribution in [3.63, 3.8) is 0 Å². The molecule has 122 valence electrons. The van der Waals surface area contributed by atoms with E-state index in [4.69, 9.17) is 12.2 Å². The molecule has 0 saturated heterocycles. The van der Waals surface area contributed by atoms with Crippen molar-refractivity contribution in [3.8, 4) is 30.0 Å². The Morgan fingerprint density at radius 2 is 1.81 bits per heavy atom. The molecule has 0 amide bonds. The van der Waals surface area contributed by atoms with Crippen molar-refractivity contribution in [1.29, 1.82) is 0 Å². The van der Waals surface area contributed by atoms with Crippen LogP contribution in [0.4, 0.5) is 5.95 Å². The summed E-state index contributed by atoms with van der Waals surface area (Å²) in [5.74, 6) is 9.62. The smallest absolute Gasteiger partial charge is 0.221 e. The van der Waals surface area contributed by atoms with E-state index >= 15 is 0 Å². The molecule has 0 unspecified atom stereocenters. The van der Waals surface area contributed by atoms with Gasteiger partial charge in [0.25, 0.3) is 0 Å². The van der Waals surface area contributed by atoms with E-state index in [-0.39, 0.29) is 5.95 Å². The highest BCUT2D eigenvalue weighted by Crippen LogP contribution is 2.18. The molecule has 4 rings (SSSR count). The largest absolute Gasteiger partial charge is 0.368 e. The molecular formula is C20H12N6. The van der Waals surface area contributed by atoms with Crippen molar-refractivity contribution >= 4 is 17.0 Å². The van der Waals surface area contributed by atoms with Gasteiger partial charge in [0.2, 0.25) is 5.95 Å². The lowest BCUT2D eigenvalue weighted by molar-refractivity contribution is 1.00. The monoisotopic (exact) mass is 336 g/mol. The molecule has 0 bridgehead atoms. The molecule has 6 heteroatoms. The Balaban J connectivity index is 1.75. The Hall–Kier alpha value is -4.16. The molecule has 0 saturated carbocycles. The maximum absolute atomic E-state index is 5.68. The second kappa shape index (κ2) is 6.39. The highest BCUT2D eigenvalue weighted by Gasteiger charge is 2.07. The maximum Gasteiger partial charge on any atom is 0.221 e. The topological polar surface area (TPSA) is 82.5 Å². The molecule has 26 heavy (non-hydrogen) atoms. The molecule has 6 nitrogen and oxygen atoms in total. The first-order valence-corrected chi connectivity index (χ1v) is 7.72. The van der Waals surface area contributed by atoms with Crippen molar-refractivity contribution in [2.75, 3.05) is 5.73 Å². The molecule has 1 aromatic carbocycles. The number of pyridine rings is 1. The van der Waals surface area contributed by atoms with Gasteiger partial charge in [0.15, 0.2) is 0 Å². The summed E-state index contributed by atoms with van der Waals surface area (Å²) in [6, 6.07) is 9.38. The zero-order valence-electron chi connectivity index (χ0n) is 13.6. The summed E-state index contributed by atoms with van der Waals surface area (Å²) in [7, 11) is 0. The molecule has 2 N–H and O–H groups in total. The van der Waals surface area contributed by atoms with Crippen LogP contribution in [0, 0.1) is 24.2 Å². The fourth-order valence-electron chi connectivity index (χ4n) is 2.50.